The van der Waals surface area contributed by atoms with Crippen LogP contribution in [-0.4, -0.2) is 40.3 Å². The molecule has 0 fully saturated rings. The largest absolute Gasteiger partial charge is 0.496 e. The lowest BCUT2D eigenvalue weighted by atomic mass is 9.93. The molecular formula is C24H32N2O5S. The van der Waals surface area contributed by atoms with Gasteiger partial charge in [0.2, 0.25) is 10.0 Å². The van der Waals surface area contributed by atoms with Gasteiger partial charge < -0.3 is 14.8 Å². The molecule has 2 atom stereocenters. The van der Waals surface area contributed by atoms with Crippen LogP contribution < -0.4 is 19.1 Å². The molecule has 0 saturated carbocycles. The summed E-state index contributed by atoms with van der Waals surface area (Å²) in [5.41, 5.74) is 4.41. The van der Waals surface area contributed by atoms with E-state index in [1.807, 2.05) is 32.9 Å². The Morgan fingerprint density at radius 3 is 2.44 bits per heavy atom. The highest BCUT2D eigenvalue weighted by molar-refractivity contribution is 7.92. The Balaban J connectivity index is 1.86. The van der Waals surface area contributed by atoms with Crippen LogP contribution in [0.2, 0.25) is 0 Å². The van der Waals surface area contributed by atoms with E-state index in [1.54, 1.807) is 19.2 Å². The average Bonchev–Trinajstić information content (AvgIpc) is 2.71. The lowest BCUT2D eigenvalue weighted by molar-refractivity contribution is -0.128. The predicted molar refractivity (Wildman–Crippen MR) is 126 cm³/mol. The minimum atomic E-state index is -3.57. The number of rotatable bonds is 6. The Labute approximate surface area is 190 Å². The van der Waals surface area contributed by atoms with Crippen LogP contribution in [0.5, 0.6) is 11.5 Å². The second kappa shape index (κ2) is 9.02. The number of carbonyl (C=O) groups is 1. The maximum atomic E-state index is 13.1. The van der Waals surface area contributed by atoms with Gasteiger partial charge in [-0.25, -0.2) is 8.42 Å². The minimum absolute atomic E-state index is 0.0767. The number of methoxy groups -OCH3 is 1. The third kappa shape index (κ3) is 4.85. The Hall–Kier alpha value is -2.74. The number of aryl methyl sites for hydroxylation is 2. The van der Waals surface area contributed by atoms with Gasteiger partial charge in [-0.15, -0.1) is 0 Å². The third-order valence-corrected chi connectivity index (χ3v) is 6.89. The van der Waals surface area contributed by atoms with E-state index >= 15 is 0 Å². The lowest BCUT2D eigenvalue weighted by Gasteiger charge is -2.34. The zero-order chi connectivity index (χ0) is 23.8. The maximum Gasteiger partial charge on any atom is 0.263 e. The van der Waals surface area contributed by atoms with Crippen molar-refractivity contribution in [2.75, 3.05) is 24.2 Å². The van der Waals surface area contributed by atoms with E-state index in [1.165, 1.54) is 4.31 Å². The first-order chi connectivity index (χ1) is 14.9. The number of nitrogens with zero attached hydrogens (tertiary/aromatic N) is 1. The van der Waals surface area contributed by atoms with Gasteiger partial charge >= 0.3 is 0 Å². The van der Waals surface area contributed by atoms with Gasteiger partial charge in [-0.3, -0.25) is 9.10 Å². The zero-order valence-corrected chi connectivity index (χ0v) is 20.5. The van der Waals surface area contributed by atoms with Gasteiger partial charge in [0, 0.05) is 0 Å². The minimum Gasteiger partial charge on any atom is -0.496 e. The second-order valence-corrected chi connectivity index (χ2v) is 10.6. The van der Waals surface area contributed by atoms with Crippen molar-refractivity contribution in [2.24, 2.45) is 0 Å². The summed E-state index contributed by atoms with van der Waals surface area (Å²) in [4.78, 5) is 13.1. The summed E-state index contributed by atoms with van der Waals surface area (Å²) in [5, 5.41) is 3.00. The fourth-order valence-electron chi connectivity index (χ4n) is 4.01. The molecule has 1 aliphatic rings. The molecule has 174 valence electrons. The number of hydrogen-bond acceptors (Lipinski definition) is 5. The number of hydrogen-bond donors (Lipinski definition) is 1. The summed E-state index contributed by atoms with van der Waals surface area (Å²) in [6.07, 6.45) is 0.182. The fraction of sp³-hybridized carbons (Fsp3) is 0.458. The number of fused-ring (bicyclic) bond motifs is 1. The van der Waals surface area contributed by atoms with E-state index in [9.17, 15) is 13.2 Å². The summed E-state index contributed by atoms with van der Waals surface area (Å²) < 4.78 is 37.5. The Kier molecular flexibility index (Phi) is 6.74. The molecule has 2 aromatic carbocycles. The van der Waals surface area contributed by atoms with Crippen molar-refractivity contribution in [1.29, 1.82) is 0 Å². The van der Waals surface area contributed by atoms with Crippen LogP contribution >= 0.6 is 0 Å². The summed E-state index contributed by atoms with van der Waals surface area (Å²) in [6, 6.07) is 9.03. The molecule has 0 aliphatic carbocycles. The zero-order valence-electron chi connectivity index (χ0n) is 19.7. The van der Waals surface area contributed by atoms with Crippen LogP contribution in [0.25, 0.3) is 0 Å². The molecule has 0 spiro atoms. The quantitative estimate of drug-likeness (QED) is 0.708. The third-order valence-electron chi connectivity index (χ3n) is 5.74. The van der Waals surface area contributed by atoms with Crippen LogP contribution in [0.4, 0.5) is 5.69 Å². The number of anilines is 1. The normalized spacial score (nSPS) is 16.9. The van der Waals surface area contributed by atoms with E-state index < -0.39 is 16.1 Å². The number of benzene rings is 2. The first kappa shape index (κ1) is 23.9. The molecule has 32 heavy (non-hydrogen) atoms. The molecule has 1 N–H and O–H groups in total. The summed E-state index contributed by atoms with van der Waals surface area (Å²) >= 11 is 0. The molecule has 2 aromatic rings. The molecule has 1 amide bonds. The smallest absolute Gasteiger partial charge is 0.263 e. The molecule has 0 bridgehead atoms. The predicted octanol–water partition coefficient (Wildman–Crippen LogP) is 3.84. The molecular weight excluding hydrogens is 428 g/mol. The molecule has 0 aromatic heterocycles. The van der Waals surface area contributed by atoms with Gasteiger partial charge in [0.25, 0.3) is 5.91 Å². The number of nitrogens with one attached hydrogen (secondary N) is 1. The van der Waals surface area contributed by atoms with Crippen molar-refractivity contribution in [2.45, 2.75) is 52.7 Å². The molecule has 1 aliphatic heterocycles. The van der Waals surface area contributed by atoms with Crippen LogP contribution in [0, 0.1) is 13.8 Å². The van der Waals surface area contributed by atoms with Gasteiger partial charge in [-0.1, -0.05) is 19.9 Å². The fourth-order valence-corrected chi connectivity index (χ4v) is 4.91. The Bertz CT molecular complexity index is 1130. The van der Waals surface area contributed by atoms with Gasteiger partial charge in [0.05, 0.1) is 31.6 Å². The van der Waals surface area contributed by atoms with Crippen molar-refractivity contribution in [3.63, 3.8) is 0 Å². The first-order valence-electron chi connectivity index (χ1n) is 10.7. The second-order valence-electron chi connectivity index (χ2n) is 8.71. The monoisotopic (exact) mass is 460 g/mol. The standard InChI is InChI=1S/C24H32N2O5S/c1-14(2)18-12-19(16(4)11-22(18)30-6)17(5)25-24(27)23-13-26(32(7,28)29)20-10-15(3)8-9-21(20)31-23/h8-12,14,17,23H,13H2,1-7H3,(H,25,27). The average molecular weight is 461 g/mol. The van der Waals surface area contributed by atoms with E-state index in [2.05, 4.69) is 25.2 Å². The van der Waals surface area contributed by atoms with Gasteiger partial charge in [0.1, 0.15) is 11.5 Å². The molecule has 1 heterocycles. The van der Waals surface area contributed by atoms with E-state index in [4.69, 9.17) is 9.47 Å². The van der Waals surface area contributed by atoms with Crippen molar-refractivity contribution in [3.8, 4) is 11.5 Å². The Morgan fingerprint density at radius 2 is 1.84 bits per heavy atom. The van der Waals surface area contributed by atoms with Crippen molar-refractivity contribution in [1.82, 2.24) is 5.32 Å². The van der Waals surface area contributed by atoms with Crippen LogP contribution in [0.15, 0.2) is 30.3 Å². The highest BCUT2D eigenvalue weighted by Crippen LogP contribution is 2.36. The highest BCUT2D eigenvalue weighted by Gasteiger charge is 2.35. The van der Waals surface area contributed by atoms with Crippen LogP contribution in [0.3, 0.4) is 0 Å². The number of sulfonamides is 1. The summed E-state index contributed by atoms with van der Waals surface area (Å²) in [5.74, 6) is 1.10. The summed E-state index contributed by atoms with van der Waals surface area (Å²) in [7, 11) is -1.92. The van der Waals surface area contributed by atoms with Crippen molar-refractivity contribution < 1.29 is 22.7 Å². The van der Waals surface area contributed by atoms with Gasteiger partial charge in [-0.05, 0) is 73.2 Å². The summed E-state index contributed by atoms with van der Waals surface area (Å²) in [6.45, 7) is 9.87. The molecule has 8 heteroatoms. The highest BCUT2D eigenvalue weighted by atomic mass is 32.2. The van der Waals surface area contributed by atoms with Gasteiger partial charge in [0.15, 0.2) is 6.10 Å². The molecule has 0 saturated heterocycles. The first-order valence-corrected chi connectivity index (χ1v) is 12.5. The van der Waals surface area contributed by atoms with Crippen molar-refractivity contribution in [3.05, 3.63) is 52.6 Å². The SMILES string of the molecule is COc1cc(C)c(C(C)NC(=O)C2CN(S(C)(=O)=O)c3cc(C)ccc3O2)cc1C(C)C. The molecule has 0 radical (unpaired) electrons. The van der Waals surface area contributed by atoms with E-state index in [-0.39, 0.29) is 24.4 Å². The number of carbonyl (C=O) groups excluding carboxylic acids is 1. The van der Waals surface area contributed by atoms with Crippen molar-refractivity contribution >= 4 is 21.6 Å². The topological polar surface area (TPSA) is 84.9 Å². The molecule has 3 rings (SSSR count). The van der Waals surface area contributed by atoms with Crippen LogP contribution in [0.1, 0.15) is 55.0 Å². The molecule has 7 nitrogen and oxygen atoms in total. The van der Waals surface area contributed by atoms with Gasteiger partial charge in [-0.2, -0.15) is 0 Å². The van der Waals surface area contributed by atoms with E-state index in [0.29, 0.717) is 11.4 Å². The lowest BCUT2D eigenvalue weighted by Crippen LogP contribution is -2.50. The van der Waals surface area contributed by atoms with Crippen LogP contribution in [-0.2, 0) is 14.8 Å². The number of ether oxygens (including phenoxy) is 2. The molecule has 2 unspecified atom stereocenters. The Morgan fingerprint density at radius 1 is 1.16 bits per heavy atom. The number of amides is 1. The van der Waals surface area contributed by atoms with E-state index in [0.717, 1.165) is 34.3 Å². The maximum absolute atomic E-state index is 13.1.